The maximum absolute atomic E-state index is 12.2. The van der Waals surface area contributed by atoms with E-state index in [9.17, 15) is 9.59 Å². The molecular weight excluding hydrogens is 396 g/mol. The van der Waals surface area contributed by atoms with Crippen LogP contribution in [0.4, 0.5) is 5.69 Å². The quantitative estimate of drug-likeness (QED) is 0.785. The van der Waals surface area contributed by atoms with Crippen LogP contribution < -0.4 is 10.6 Å². The number of piperidine rings is 1. The maximum atomic E-state index is 12.2. The van der Waals surface area contributed by atoms with Gasteiger partial charge in [-0.1, -0.05) is 12.1 Å². The third-order valence-corrected chi connectivity index (χ3v) is 5.07. The van der Waals surface area contributed by atoms with Crippen molar-refractivity contribution in [2.24, 2.45) is 0 Å². The molecule has 1 aliphatic rings. The van der Waals surface area contributed by atoms with Crippen molar-refractivity contribution in [3.05, 3.63) is 58.8 Å². The number of aromatic nitrogens is 1. The Morgan fingerprint density at radius 1 is 1.12 bits per heavy atom. The van der Waals surface area contributed by atoms with Crippen molar-refractivity contribution in [1.29, 1.82) is 0 Å². The summed E-state index contributed by atoms with van der Waals surface area (Å²) >= 11 is 3.43. The first-order chi connectivity index (χ1) is 12.6. The SMILES string of the molecule is O=C(CN1CCC(NC(=O)c2ccncc2)CC1)Nc1ccccc1Br. The predicted octanol–water partition coefficient (Wildman–Crippen LogP) is 2.68. The number of amides is 2. The Hall–Kier alpha value is -2.25. The molecule has 1 saturated heterocycles. The summed E-state index contributed by atoms with van der Waals surface area (Å²) in [6.07, 6.45) is 4.89. The fourth-order valence-electron chi connectivity index (χ4n) is 2.96. The molecule has 3 rings (SSSR count). The number of rotatable bonds is 5. The molecule has 0 bridgehead atoms. The summed E-state index contributed by atoms with van der Waals surface area (Å²) in [5.74, 6) is -0.103. The first-order valence-electron chi connectivity index (χ1n) is 8.59. The van der Waals surface area contributed by atoms with E-state index in [4.69, 9.17) is 0 Å². The number of benzene rings is 1. The topological polar surface area (TPSA) is 74.3 Å². The largest absolute Gasteiger partial charge is 0.349 e. The van der Waals surface area contributed by atoms with Gasteiger partial charge in [-0.05, 0) is 53.0 Å². The molecule has 0 atom stereocenters. The minimum atomic E-state index is -0.0717. The minimum absolute atomic E-state index is 0.0313. The summed E-state index contributed by atoms with van der Waals surface area (Å²) in [6.45, 7) is 1.92. The molecule has 2 aromatic rings. The molecule has 26 heavy (non-hydrogen) atoms. The van der Waals surface area contributed by atoms with Gasteiger partial charge in [0.05, 0.1) is 12.2 Å². The molecule has 1 fully saturated rings. The van der Waals surface area contributed by atoms with E-state index in [0.717, 1.165) is 36.1 Å². The van der Waals surface area contributed by atoms with E-state index in [1.165, 1.54) is 0 Å². The first-order valence-corrected chi connectivity index (χ1v) is 9.39. The second-order valence-electron chi connectivity index (χ2n) is 6.29. The van der Waals surface area contributed by atoms with Gasteiger partial charge >= 0.3 is 0 Å². The second kappa shape index (κ2) is 8.91. The summed E-state index contributed by atoms with van der Waals surface area (Å²) in [6, 6.07) is 11.1. The van der Waals surface area contributed by atoms with Crippen LogP contribution in [-0.4, -0.2) is 47.4 Å². The van der Waals surface area contributed by atoms with Crippen LogP contribution in [0.2, 0.25) is 0 Å². The van der Waals surface area contributed by atoms with Crippen LogP contribution >= 0.6 is 15.9 Å². The van der Waals surface area contributed by atoms with Crippen molar-refractivity contribution in [3.8, 4) is 0 Å². The van der Waals surface area contributed by atoms with Crippen LogP contribution in [0, 0.1) is 0 Å². The summed E-state index contributed by atoms with van der Waals surface area (Å²) in [4.78, 5) is 30.4. The van der Waals surface area contributed by atoms with Gasteiger partial charge in [0.1, 0.15) is 0 Å². The van der Waals surface area contributed by atoms with E-state index < -0.39 is 0 Å². The lowest BCUT2D eigenvalue weighted by atomic mass is 10.0. The third kappa shape index (κ3) is 5.12. The van der Waals surface area contributed by atoms with Crippen LogP contribution in [0.15, 0.2) is 53.3 Å². The molecule has 1 aliphatic heterocycles. The number of pyridine rings is 1. The molecule has 2 amide bonds. The molecular formula is C19H21BrN4O2. The highest BCUT2D eigenvalue weighted by Crippen LogP contribution is 2.21. The summed E-state index contributed by atoms with van der Waals surface area (Å²) in [5.41, 5.74) is 1.40. The van der Waals surface area contributed by atoms with Gasteiger partial charge in [-0.25, -0.2) is 0 Å². The smallest absolute Gasteiger partial charge is 0.251 e. The highest BCUT2D eigenvalue weighted by atomic mass is 79.9. The first kappa shape index (κ1) is 18.5. The standard InChI is InChI=1S/C19H21BrN4O2/c20-16-3-1-2-4-17(16)23-18(25)13-24-11-7-15(8-12-24)22-19(26)14-5-9-21-10-6-14/h1-6,9-10,15H,7-8,11-13H2,(H,22,26)(H,23,25). The summed E-state index contributed by atoms with van der Waals surface area (Å²) in [5, 5.41) is 5.98. The summed E-state index contributed by atoms with van der Waals surface area (Å²) < 4.78 is 0.867. The summed E-state index contributed by atoms with van der Waals surface area (Å²) in [7, 11) is 0. The van der Waals surface area contributed by atoms with Crippen molar-refractivity contribution < 1.29 is 9.59 Å². The van der Waals surface area contributed by atoms with Gasteiger partial charge in [-0.2, -0.15) is 0 Å². The van der Waals surface area contributed by atoms with Crippen LogP contribution in [-0.2, 0) is 4.79 Å². The van der Waals surface area contributed by atoms with Crippen LogP contribution in [0.1, 0.15) is 23.2 Å². The highest BCUT2D eigenvalue weighted by Gasteiger charge is 2.22. The Labute approximate surface area is 161 Å². The number of carbonyl (C=O) groups excluding carboxylic acids is 2. The lowest BCUT2D eigenvalue weighted by Crippen LogP contribution is -2.46. The fraction of sp³-hybridized carbons (Fsp3) is 0.316. The van der Waals surface area contributed by atoms with E-state index in [1.54, 1.807) is 24.5 Å². The monoisotopic (exact) mass is 416 g/mol. The molecule has 136 valence electrons. The van der Waals surface area contributed by atoms with Gasteiger partial charge in [0.15, 0.2) is 0 Å². The molecule has 2 heterocycles. The fourth-order valence-corrected chi connectivity index (χ4v) is 3.35. The Balaban J connectivity index is 1.43. The number of para-hydroxylation sites is 1. The molecule has 6 nitrogen and oxygen atoms in total. The number of nitrogens with one attached hydrogen (secondary N) is 2. The van der Waals surface area contributed by atoms with Gasteiger partial charge in [0.25, 0.3) is 5.91 Å². The molecule has 0 aliphatic carbocycles. The second-order valence-corrected chi connectivity index (χ2v) is 7.14. The number of hydrogen-bond donors (Lipinski definition) is 2. The number of halogens is 1. The van der Waals surface area contributed by atoms with Crippen molar-refractivity contribution in [1.82, 2.24) is 15.2 Å². The van der Waals surface area contributed by atoms with E-state index >= 15 is 0 Å². The molecule has 0 unspecified atom stereocenters. The Bertz CT molecular complexity index is 761. The van der Waals surface area contributed by atoms with Crippen molar-refractivity contribution in [3.63, 3.8) is 0 Å². The molecule has 1 aromatic heterocycles. The minimum Gasteiger partial charge on any atom is -0.349 e. The van der Waals surface area contributed by atoms with E-state index in [1.807, 2.05) is 24.3 Å². The zero-order valence-electron chi connectivity index (χ0n) is 14.3. The zero-order valence-corrected chi connectivity index (χ0v) is 15.9. The number of nitrogens with zero attached hydrogens (tertiary/aromatic N) is 2. The number of anilines is 1. The Morgan fingerprint density at radius 2 is 1.81 bits per heavy atom. The van der Waals surface area contributed by atoms with Crippen LogP contribution in [0.5, 0.6) is 0 Å². The lowest BCUT2D eigenvalue weighted by molar-refractivity contribution is -0.117. The Morgan fingerprint density at radius 3 is 2.50 bits per heavy atom. The van der Waals surface area contributed by atoms with Gasteiger partial charge in [0, 0.05) is 41.6 Å². The average Bonchev–Trinajstić information content (AvgIpc) is 2.66. The zero-order chi connectivity index (χ0) is 18.4. The van der Waals surface area contributed by atoms with E-state index in [-0.39, 0.29) is 17.9 Å². The molecule has 1 aromatic carbocycles. The van der Waals surface area contributed by atoms with Gasteiger partial charge in [-0.15, -0.1) is 0 Å². The van der Waals surface area contributed by atoms with Crippen molar-refractivity contribution >= 4 is 33.4 Å². The normalized spacial score (nSPS) is 15.4. The van der Waals surface area contributed by atoms with Gasteiger partial charge < -0.3 is 10.6 Å². The van der Waals surface area contributed by atoms with Crippen molar-refractivity contribution in [2.45, 2.75) is 18.9 Å². The molecule has 0 radical (unpaired) electrons. The maximum Gasteiger partial charge on any atom is 0.251 e. The van der Waals surface area contributed by atoms with E-state index in [2.05, 4.69) is 36.4 Å². The molecule has 0 saturated carbocycles. The lowest BCUT2D eigenvalue weighted by Gasteiger charge is -2.31. The van der Waals surface area contributed by atoms with Crippen molar-refractivity contribution in [2.75, 3.05) is 25.0 Å². The molecule has 0 spiro atoms. The Kier molecular flexibility index (Phi) is 6.35. The van der Waals surface area contributed by atoms with Crippen LogP contribution in [0.25, 0.3) is 0 Å². The number of hydrogen-bond acceptors (Lipinski definition) is 4. The van der Waals surface area contributed by atoms with E-state index in [0.29, 0.717) is 12.1 Å². The third-order valence-electron chi connectivity index (χ3n) is 4.38. The van der Waals surface area contributed by atoms with Crippen LogP contribution in [0.3, 0.4) is 0 Å². The number of carbonyl (C=O) groups is 2. The highest BCUT2D eigenvalue weighted by molar-refractivity contribution is 9.10. The molecule has 7 heteroatoms. The number of likely N-dealkylation sites (tertiary alicyclic amines) is 1. The van der Waals surface area contributed by atoms with Gasteiger partial charge in [-0.3, -0.25) is 19.5 Å². The average molecular weight is 417 g/mol. The van der Waals surface area contributed by atoms with Gasteiger partial charge in [0.2, 0.25) is 5.91 Å². The predicted molar refractivity (Wildman–Crippen MR) is 104 cm³/mol. The molecule has 2 N–H and O–H groups in total.